The molecule has 0 saturated heterocycles. The Hall–Kier alpha value is -1.40. The van der Waals surface area contributed by atoms with Gasteiger partial charge in [0.1, 0.15) is 0 Å². The summed E-state index contributed by atoms with van der Waals surface area (Å²) in [4.78, 5) is 11.9. The lowest BCUT2D eigenvalue weighted by molar-refractivity contribution is -0.116. The second kappa shape index (κ2) is 8.14. The normalized spacial score (nSPS) is 11.6. The van der Waals surface area contributed by atoms with Gasteiger partial charge in [0.2, 0.25) is 15.9 Å². The Morgan fingerprint density at radius 2 is 1.81 bits per heavy atom. The maximum absolute atomic E-state index is 11.9. The predicted octanol–water partition coefficient (Wildman–Crippen LogP) is 2.75. The van der Waals surface area contributed by atoms with E-state index in [4.69, 9.17) is 0 Å². The fourth-order valence-electron chi connectivity index (χ4n) is 1.68. The first-order valence-electron chi connectivity index (χ1n) is 7.24. The average Bonchev–Trinajstić information content (AvgIpc) is 2.43. The van der Waals surface area contributed by atoms with E-state index in [-0.39, 0.29) is 10.8 Å². The van der Waals surface area contributed by atoms with Gasteiger partial charge in [-0.05, 0) is 43.0 Å². The van der Waals surface area contributed by atoms with Crippen LogP contribution in [-0.4, -0.2) is 20.9 Å². The van der Waals surface area contributed by atoms with E-state index in [9.17, 15) is 13.2 Å². The largest absolute Gasteiger partial charge is 0.326 e. The van der Waals surface area contributed by atoms with Crippen LogP contribution in [0.3, 0.4) is 0 Å². The summed E-state index contributed by atoms with van der Waals surface area (Å²) in [5.74, 6) is 0.427. The van der Waals surface area contributed by atoms with Gasteiger partial charge in [-0.15, -0.1) is 0 Å². The number of carbonyl (C=O) groups is 1. The van der Waals surface area contributed by atoms with Gasteiger partial charge in [-0.3, -0.25) is 4.79 Å². The molecule has 21 heavy (non-hydrogen) atoms. The standard InChI is InChI=1S/C15H24N2O3S/c1-4-11-16-21(19,20)14-8-6-13(7-9-14)17-15(18)10-5-12(2)3/h6-9,12,16H,4-5,10-11H2,1-3H3,(H,17,18). The number of anilines is 1. The number of nitrogens with one attached hydrogen (secondary N) is 2. The highest BCUT2D eigenvalue weighted by Crippen LogP contribution is 2.15. The molecule has 0 aliphatic carbocycles. The number of sulfonamides is 1. The zero-order valence-corrected chi connectivity index (χ0v) is 13.7. The van der Waals surface area contributed by atoms with Crippen LogP contribution in [0.15, 0.2) is 29.2 Å². The van der Waals surface area contributed by atoms with Crippen LogP contribution in [0.2, 0.25) is 0 Å². The van der Waals surface area contributed by atoms with Gasteiger partial charge in [0.05, 0.1) is 4.90 Å². The summed E-state index contributed by atoms with van der Waals surface area (Å²) >= 11 is 0. The van der Waals surface area contributed by atoms with Crippen molar-refractivity contribution in [3.8, 4) is 0 Å². The van der Waals surface area contributed by atoms with Gasteiger partial charge in [-0.25, -0.2) is 13.1 Å². The lowest BCUT2D eigenvalue weighted by atomic mass is 10.1. The maximum Gasteiger partial charge on any atom is 0.240 e. The molecule has 0 radical (unpaired) electrons. The second-order valence-corrected chi connectivity index (χ2v) is 7.17. The van der Waals surface area contributed by atoms with Crippen LogP contribution in [0.25, 0.3) is 0 Å². The van der Waals surface area contributed by atoms with Crippen LogP contribution in [0.1, 0.15) is 40.0 Å². The average molecular weight is 312 g/mol. The highest BCUT2D eigenvalue weighted by atomic mass is 32.2. The van der Waals surface area contributed by atoms with Crippen LogP contribution in [0.4, 0.5) is 5.69 Å². The Morgan fingerprint density at radius 3 is 2.33 bits per heavy atom. The van der Waals surface area contributed by atoms with Crippen molar-refractivity contribution in [2.75, 3.05) is 11.9 Å². The third-order valence-electron chi connectivity index (χ3n) is 2.94. The second-order valence-electron chi connectivity index (χ2n) is 5.40. The molecule has 0 aliphatic rings. The summed E-state index contributed by atoms with van der Waals surface area (Å²) in [6.07, 6.45) is 2.04. The van der Waals surface area contributed by atoms with Gasteiger partial charge in [0.25, 0.3) is 0 Å². The SMILES string of the molecule is CCCNS(=O)(=O)c1ccc(NC(=O)CCC(C)C)cc1. The summed E-state index contributed by atoms with van der Waals surface area (Å²) in [6, 6.07) is 6.20. The van der Waals surface area contributed by atoms with Crippen LogP contribution in [0, 0.1) is 5.92 Å². The van der Waals surface area contributed by atoms with Gasteiger partial charge in [-0.1, -0.05) is 20.8 Å². The van der Waals surface area contributed by atoms with Gasteiger partial charge in [0.15, 0.2) is 0 Å². The molecule has 0 aliphatic heterocycles. The van der Waals surface area contributed by atoms with Crippen molar-refractivity contribution in [3.63, 3.8) is 0 Å². The van der Waals surface area contributed by atoms with Gasteiger partial charge >= 0.3 is 0 Å². The summed E-state index contributed by atoms with van der Waals surface area (Å²) < 4.78 is 26.3. The molecule has 0 unspecified atom stereocenters. The highest BCUT2D eigenvalue weighted by molar-refractivity contribution is 7.89. The van der Waals surface area contributed by atoms with Crippen molar-refractivity contribution < 1.29 is 13.2 Å². The van der Waals surface area contributed by atoms with Crippen molar-refractivity contribution >= 4 is 21.6 Å². The van der Waals surface area contributed by atoms with Crippen LogP contribution < -0.4 is 10.0 Å². The Balaban J connectivity index is 2.64. The van der Waals surface area contributed by atoms with Crippen molar-refractivity contribution in [1.29, 1.82) is 0 Å². The third-order valence-corrected chi connectivity index (χ3v) is 4.42. The Morgan fingerprint density at radius 1 is 1.19 bits per heavy atom. The van der Waals surface area contributed by atoms with Crippen molar-refractivity contribution in [2.24, 2.45) is 5.92 Å². The van der Waals surface area contributed by atoms with Crippen molar-refractivity contribution in [3.05, 3.63) is 24.3 Å². The van der Waals surface area contributed by atoms with E-state index >= 15 is 0 Å². The minimum absolute atomic E-state index is 0.0524. The molecule has 5 nitrogen and oxygen atoms in total. The molecule has 1 aromatic rings. The van der Waals surface area contributed by atoms with E-state index in [0.29, 0.717) is 24.6 Å². The third kappa shape index (κ3) is 6.27. The zero-order chi connectivity index (χ0) is 15.9. The van der Waals surface area contributed by atoms with Crippen LogP contribution in [-0.2, 0) is 14.8 Å². The number of benzene rings is 1. The summed E-state index contributed by atoms with van der Waals surface area (Å²) in [5.41, 5.74) is 0.609. The van der Waals surface area contributed by atoms with Crippen molar-refractivity contribution in [2.45, 2.75) is 44.9 Å². The zero-order valence-electron chi connectivity index (χ0n) is 12.8. The Labute approximate surface area is 127 Å². The minimum atomic E-state index is -3.45. The van der Waals surface area contributed by atoms with Crippen LogP contribution >= 0.6 is 0 Å². The molecule has 0 fully saturated rings. The number of amides is 1. The molecule has 0 heterocycles. The molecule has 6 heteroatoms. The lowest BCUT2D eigenvalue weighted by Gasteiger charge is -2.09. The van der Waals surface area contributed by atoms with Gasteiger partial charge in [-0.2, -0.15) is 0 Å². The monoisotopic (exact) mass is 312 g/mol. The first kappa shape index (κ1) is 17.7. The van der Waals surface area contributed by atoms with Gasteiger partial charge < -0.3 is 5.32 Å². The quantitative estimate of drug-likeness (QED) is 0.775. The van der Waals surface area contributed by atoms with Gasteiger partial charge in [0, 0.05) is 18.7 Å². The minimum Gasteiger partial charge on any atom is -0.326 e. The molecule has 0 spiro atoms. The maximum atomic E-state index is 11.9. The Bertz CT molecular complexity index is 551. The smallest absolute Gasteiger partial charge is 0.240 e. The van der Waals surface area contributed by atoms with Crippen LogP contribution in [0.5, 0.6) is 0 Å². The molecule has 1 rings (SSSR count). The van der Waals surface area contributed by atoms with E-state index < -0.39 is 10.0 Å². The Kier molecular flexibility index (Phi) is 6.84. The number of hydrogen-bond donors (Lipinski definition) is 2. The molecule has 0 aromatic heterocycles. The topological polar surface area (TPSA) is 75.3 Å². The molecular formula is C15H24N2O3S. The van der Waals surface area contributed by atoms with E-state index in [1.165, 1.54) is 12.1 Å². The lowest BCUT2D eigenvalue weighted by Crippen LogP contribution is -2.24. The molecule has 2 N–H and O–H groups in total. The van der Waals surface area contributed by atoms with E-state index in [1.807, 2.05) is 6.92 Å². The molecule has 0 bridgehead atoms. The summed E-state index contributed by atoms with van der Waals surface area (Å²) in [5, 5.41) is 2.76. The molecule has 1 amide bonds. The number of rotatable bonds is 8. The summed E-state index contributed by atoms with van der Waals surface area (Å²) in [6.45, 7) is 6.45. The summed E-state index contributed by atoms with van der Waals surface area (Å²) in [7, 11) is -3.45. The molecule has 1 aromatic carbocycles. The fourth-order valence-corrected chi connectivity index (χ4v) is 2.81. The van der Waals surface area contributed by atoms with E-state index in [1.54, 1.807) is 12.1 Å². The predicted molar refractivity (Wildman–Crippen MR) is 84.6 cm³/mol. The molecule has 118 valence electrons. The van der Waals surface area contributed by atoms with Crippen molar-refractivity contribution in [1.82, 2.24) is 4.72 Å². The number of hydrogen-bond acceptors (Lipinski definition) is 3. The molecule has 0 atom stereocenters. The first-order chi connectivity index (χ1) is 9.85. The fraction of sp³-hybridized carbons (Fsp3) is 0.533. The van der Waals surface area contributed by atoms with E-state index in [2.05, 4.69) is 23.9 Å². The molecular weight excluding hydrogens is 288 g/mol. The first-order valence-corrected chi connectivity index (χ1v) is 8.73. The number of carbonyl (C=O) groups excluding carboxylic acids is 1. The molecule has 0 saturated carbocycles. The highest BCUT2D eigenvalue weighted by Gasteiger charge is 2.12. The van der Waals surface area contributed by atoms with E-state index in [0.717, 1.165) is 12.8 Å².